The second-order valence-electron chi connectivity index (χ2n) is 4.59. The van der Waals surface area contributed by atoms with Crippen molar-refractivity contribution in [1.82, 2.24) is 15.4 Å². The quantitative estimate of drug-likeness (QED) is 0.852. The molecule has 0 unspecified atom stereocenters. The van der Waals surface area contributed by atoms with Crippen molar-refractivity contribution in [3.63, 3.8) is 0 Å². The van der Waals surface area contributed by atoms with Crippen LogP contribution in [-0.4, -0.2) is 10.4 Å². The number of nitrogens with one attached hydrogen (secondary N) is 2. The predicted molar refractivity (Wildman–Crippen MR) is 84.7 cm³/mol. The van der Waals surface area contributed by atoms with E-state index in [2.05, 4.69) is 23.0 Å². The van der Waals surface area contributed by atoms with Gasteiger partial charge in [0.25, 0.3) is 5.91 Å². The van der Waals surface area contributed by atoms with Crippen molar-refractivity contribution < 1.29 is 4.79 Å². The molecule has 0 saturated carbocycles. The Kier molecular flexibility index (Phi) is 4.23. The normalized spacial score (nSPS) is 14.4. The summed E-state index contributed by atoms with van der Waals surface area (Å²) in [5, 5.41) is 0. The highest BCUT2D eigenvalue weighted by Gasteiger charge is 2.18. The number of hydrazine groups is 2. The zero-order valence-electron chi connectivity index (χ0n) is 11.3. The number of allylic oxidation sites excluding steroid dienone is 1. The summed E-state index contributed by atoms with van der Waals surface area (Å²) in [5.74, 6) is -0.134. The summed E-state index contributed by atoms with van der Waals surface area (Å²) in [6, 6.07) is 19.4. The Bertz CT molecular complexity index is 643. The molecule has 1 aliphatic heterocycles. The Hall–Kier alpha value is -2.24. The minimum atomic E-state index is -0.134. The largest absolute Gasteiger partial charge is 0.298 e. The van der Waals surface area contributed by atoms with Crippen LogP contribution in [0.4, 0.5) is 0 Å². The maximum atomic E-state index is 12.0. The van der Waals surface area contributed by atoms with E-state index >= 15 is 0 Å². The lowest BCUT2D eigenvalue weighted by molar-refractivity contribution is 0.0871. The first kappa shape index (κ1) is 13.7. The lowest BCUT2D eigenvalue weighted by Crippen LogP contribution is -2.41. The molecule has 1 heterocycles. The molecule has 2 N–H and O–H groups in total. The van der Waals surface area contributed by atoms with E-state index in [-0.39, 0.29) is 5.91 Å². The van der Waals surface area contributed by atoms with Gasteiger partial charge in [-0.05, 0) is 29.6 Å². The molecule has 1 aliphatic rings. The third kappa shape index (κ3) is 3.65. The lowest BCUT2D eigenvalue weighted by atomic mass is 10.1. The zero-order valence-corrected chi connectivity index (χ0v) is 12.1. The van der Waals surface area contributed by atoms with Crippen molar-refractivity contribution in [2.75, 3.05) is 0 Å². The van der Waals surface area contributed by atoms with Gasteiger partial charge in [-0.3, -0.25) is 15.6 Å². The van der Waals surface area contributed by atoms with Crippen LogP contribution in [0.2, 0.25) is 0 Å². The molecule has 4 nitrogen and oxygen atoms in total. The molecule has 0 saturated heterocycles. The molecule has 106 valence electrons. The molecule has 5 heteroatoms. The van der Waals surface area contributed by atoms with Crippen molar-refractivity contribution in [2.45, 2.75) is 6.42 Å². The van der Waals surface area contributed by atoms with Gasteiger partial charge in [0.15, 0.2) is 0 Å². The number of carbonyl (C=O) groups excluding carboxylic acids is 1. The van der Waals surface area contributed by atoms with Gasteiger partial charge in [-0.1, -0.05) is 53.1 Å². The third-order valence-corrected chi connectivity index (χ3v) is 3.89. The molecule has 0 spiro atoms. The number of benzene rings is 2. The predicted octanol–water partition coefficient (Wildman–Crippen LogP) is 2.88. The van der Waals surface area contributed by atoms with Gasteiger partial charge in [-0.15, -0.1) is 0 Å². The molecular weight excluding hydrogens is 282 g/mol. The summed E-state index contributed by atoms with van der Waals surface area (Å²) in [6.45, 7) is 0. The first-order chi connectivity index (χ1) is 10.3. The second-order valence-corrected chi connectivity index (χ2v) is 5.67. The first-order valence-corrected chi connectivity index (χ1v) is 7.42. The lowest BCUT2D eigenvalue weighted by Gasteiger charge is -2.15. The maximum Gasteiger partial charge on any atom is 0.267 e. The van der Waals surface area contributed by atoms with Gasteiger partial charge >= 0.3 is 0 Å². The van der Waals surface area contributed by atoms with Gasteiger partial charge in [0.2, 0.25) is 0 Å². The molecule has 0 bridgehead atoms. The fourth-order valence-electron chi connectivity index (χ4n) is 1.98. The van der Waals surface area contributed by atoms with Crippen LogP contribution in [0.15, 0.2) is 71.8 Å². The van der Waals surface area contributed by atoms with E-state index in [1.807, 2.05) is 42.6 Å². The Balaban J connectivity index is 1.53. The number of rotatable bonds is 4. The number of hydrogen-bond acceptors (Lipinski definition) is 4. The van der Waals surface area contributed by atoms with E-state index < -0.39 is 0 Å². The molecule has 3 rings (SSSR count). The van der Waals surface area contributed by atoms with Gasteiger partial charge in [0.05, 0.1) is 0 Å². The van der Waals surface area contributed by atoms with Crippen molar-refractivity contribution >= 4 is 17.9 Å². The topological polar surface area (TPSA) is 44.4 Å². The molecule has 1 amide bonds. The van der Waals surface area contributed by atoms with Gasteiger partial charge in [0.1, 0.15) is 0 Å². The summed E-state index contributed by atoms with van der Waals surface area (Å²) in [5.41, 5.74) is 7.72. The van der Waals surface area contributed by atoms with Gasteiger partial charge < -0.3 is 0 Å². The molecule has 0 radical (unpaired) electrons. The average Bonchev–Trinajstić information content (AvgIpc) is 2.96. The molecular formula is C16H15N3OS. The summed E-state index contributed by atoms with van der Waals surface area (Å²) in [7, 11) is 0. The first-order valence-electron chi connectivity index (χ1n) is 6.64. The fraction of sp³-hybridized carbons (Fsp3) is 0.0625. The van der Waals surface area contributed by atoms with Crippen LogP contribution in [0.1, 0.15) is 15.9 Å². The fourth-order valence-corrected chi connectivity index (χ4v) is 2.79. The molecule has 21 heavy (non-hydrogen) atoms. The van der Waals surface area contributed by atoms with E-state index in [0.717, 1.165) is 11.3 Å². The summed E-state index contributed by atoms with van der Waals surface area (Å²) < 4.78 is 1.62. The minimum absolute atomic E-state index is 0.134. The monoisotopic (exact) mass is 297 g/mol. The van der Waals surface area contributed by atoms with Crippen molar-refractivity contribution in [3.8, 4) is 0 Å². The van der Waals surface area contributed by atoms with Crippen molar-refractivity contribution in [2.24, 2.45) is 0 Å². The van der Waals surface area contributed by atoms with Gasteiger partial charge in [-0.25, -0.2) is 0 Å². The van der Waals surface area contributed by atoms with Crippen LogP contribution in [0.3, 0.4) is 0 Å². The van der Waals surface area contributed by atoms with Crippen LogP contribution in [0.5, 0.6) is 0 Å². The Labute approximate surface area is 127 Å². The summed E-state index contributed by atoms with van der Waals surface area (Å²) in [6.07, 6.45) is 2.75. The highest BCUT2D eigenvalue weighted by Crippen LogP contribution is 2.26. The van der Waals surface area contributed by atoms with E-state index in [1.165, 1.54) is 17.5 Å². The van der Waals surface area contributed by atoms with Crippen molar-refractivity contribution in [3.05, 3.63) is 82.9 Å². The van der Waals surface area contributed by atoms with E-state index in [9.17, 15) is 4.79 Å². The SMILES string of the molecule is O=C(NN1NC=C(Cc2ccccc2)S1)c1ccccc1. The number of carbonyl (C=O) groups is 1. The molecule has 2 aromatic rings. The minimum Gasteiger partial charge on any atom is -0.298 e. The smallest absolute Gasteiger partial charge is 0.267 e. The Morgan fingerprint density at radius 2 is 1.71 bits per heavy atom. The van der Waals surface area contributed by atoms with Gasteiger partial charge in [0, 0.05) is 23.1 Å². The van der Waals surface area contributed by atoms with Crippen LogP contribution >= 0.6 is 11.9 Å². The van der Waals surface area contributed by atoms with E-state index in [0.29, 0.717) is 5.56 Å². The number of hydrogen-bond donors (Lipinski definition) is 2. The van der Waals surface area contributed by atoms with Crippen molar-refractivity contribution in [1.29, 1.82) is 0 Å². The molecule has 0 aromatic heterocycles. The van der Waals surface area contributed by atoms with E-state index in [4.69, 9.17) is 0 Å². The molecule has 0 fully saturated rings. The highest BCUT2D eigenvalue weighted by atomic mass is 32.2. The zero-order chi connectivity index (χ0) is 14.5. The Morgan fingerprint density at radius 3 is 2.43 bits per heavy atom. The maximum absolute atomic E-state index is 12.0. The third-order valence-electron chi connectivity index (χ3n) is 3.01. The summed E-state index contributed by atoms with van der Waals surface area (Å²) >= 11 is 1.48. The average molecular weight is 297 g/mol. The standard InChI is InChI=1S/C16H15N3OS/c20-16(14-9-5-2-6-10-14)18-19-17-12-15(21-19)11-13-7-3-1-4-8-13/h1-10,12,17H,11H2,(H,18,20). The Morgan fingerprint density at radius 1 is 1.05 bits per heavy atom. The van der Waals surface area contributed by atoms with Gasteiger partial charge in [-0.2, -0.15) is 0 Å². The second kappa shape index (κ2) is 6.47. The molecule has 0 aliphatic carbocycles. The number of nitrogens with zero attached hydrogens (tertiary/aromatic N) is 1. The van der Waals surface area contributed by atoms with E-state index in [1.54, 1.807) is 16.7 Å². The van der Waals surface area contributed by atoms with Crippen LogP contribution in [0.25, 0.3) is 0 Å². The highest BCUT2D eigenvalue weighted by molar-refractivity contribution is 8.01. The number of amides is 1. The molecule has 2 aromatic carbocycles. The molecule has 0 atom stereocenters. The summed E-state index contributed by atoms with van der Waals surface area (Å²) in [4.78, 5) is 13.2. The van der Waals surface area contributed by atoms with Crippen LogP contribution in [-0.2, 0) is 6.42 Å². The van der Waals surface area contributed by atoms with Crippen LogP contribution in [0, 0.1) is 0 Å². The van der Waals surface area contributed by atoms with Crippen LogP contribution < -0.4 is 10.9 Å².